The average molecular weight is 528 g/mol. The molecule has 0 radical (unpaired) electrons. The van der Waals surface area contributed by atoms with Crippen LogP contribution in [0.4, 0.5) is 5.69 Å². The lowest BCUT2D eigenvalue weighted by Crippen LogP contribution is -2.43. The summed E-state index contributed by atoms with van der Waals surface area (Å²) in [5.41, 5.74) is 3.37. The highest BCUT2D eigenvalue weighted by Crippen LogP contribution is 2.39. The first-order valence-corrected chi connectivity index (χ1v) is 15.8. The molecule has 7 nitrogen and oxygen atoms in total. The molecule has 1 fully saturated rings. The third kappa shape index (κ3) is 6.72. The number of nitrogens with one attached hydrogen (secondary N) is 1. The molecule has 1 N–H and O–H groups in total. The number of aromatic nitrogens is 1. The van der Waals surface area contributed by atoms with Crippen molar-refractivity contribution >= 4 is 25.5 Å². The van der Waals surface area contributed by atoms with E-state index in [0.717, 1.165) is 62.5 Å². The lowest BCUT2D eigenvalue weighted by atomic mass is 9.71. The van der Waals surface area contributed by atoms with E-state index in [1.807, 2.05) is 18.3 Å². The molecule has 1 aromatic heterocycles. The van der Waals surface area contributed by atoms with Crippen LogP contribution in [0.15, 0.2) is 77.8 Å². The molecule has 9 heteroatoms. The minimum atomic E-state index is -3.61. The van der Waals surface area contributed by atoms with Gasteiger partial charge in [0.15, 0.2) is 9.84 Å². The number of rotatable bonds is 9. The van der Waals surface area contributed by atoms with Crippen molar-refractivity contribution in [2.24, 2.45) is 0 Å². The van der Waals surface area contributed by atoms with Crippen LogP contribution >= 0.6 is 0 Å². The van der Waals surface area contributed by atoms with Gasteiger partial charge >= 0.3 is 0 Å². The number of nitrogens with zero attached hydrogens (tertiary/aromatic N) is 2. The summed E-state index contributed by atoms with van der Waals surface area (Å²) in [6.07, 6.45) is 7.90. The number of anilines is 1. The van der Waals surface area contributed by atoms with Crippen LogP contribution in [0.2, 0.25) is 0 Å². The average Bonchev–Trinajstić information content (AvgIpc) is 2.84. The molecule has 1 saturated heterocycles. The smallest absolute Gasteiger partial charge is 0.229 e. The number of hydrogen-bond donors (Lipinski definition) is 1. The predicted octanol–water partition coefficient (Wildman–Crippen LogP) is 4.02. The number of hydrogen-bond acceptors (Lipinski definition) is 6. The van der Waals surface area contributed by atoms with E-state index in [1.54, 1.807) is 12.1 Å². The quantitative estimate of drug-likeness (QED) is 0.452. The van der Waals surface area contributed by atoms with Gasteiger partial charge in [0.2, 0.25) is 10.0 Å². The van der Waals surface area contributed by atoms with Gasteiger partial charge in [-0.1, -0.05) is 42.5 Å². The van der Waals surface area contributed by atoms with Gasteiger partial charge in [0, 0.05) is 30.1 Å². The van der Waals surface area contributed by atoms with E-state index in [-0.39, 0.29) is 16.0 Å². The van der Waals surface area contributed by atoms with Crippen molar-refractivity contribution in [3.63, 3.8) is 0 Å². The molecule has 36 heavy (non-hydrogen) atoms. The molecule has 4 rings (SSSR count). The maximum Gasteiger partial charge on any atom is 0.229 e. The molecule has 0 aliphatic carbocycles. The van der Waals surface area contributed by atoms with E-state index in [4.69, 9.17) is 4.98 Å². The normalized spacial score (nSPS) is 16.5. The summed E-state index contributed by atoms with van der Waals surface area (Å²) >= 11 is 0. The van der Waals surface area contributed by atoms with Gasteiger partial charge in [-0.05, 0) is 74.2 Å². The largest absolute Gasteiger partial charge is 0.299 e. The second-order valence-electron chi connectivity index (χ2n) is 9.73. The number of benzene rings is 2. The molecule has 0 atom stereocenters. The Kier molecular flexibility index (Phi) is 7.82. The lowest BCUT2D eigenvalue weighted by Gasteiger charge is -2.42. The van der Waals surface area contributed by atoms with Crippen molar-refractivity contribution in [1.29, 1.82) is 0 Å². The highest BCUT2D eigenvalue weighted by Gasteiger charge is 2.37. The Bertz CT molecular complexity index is 1390. The predicted molar refractivity (Wildman–Crippen MR) is 143 cm³/mol. The number of pyridine rings is 1. The number of likely N-dealkylation sites (tertiary alicyclic amines) is 1. The third-order valence-corrected chi connectivity index (χ3v) is 8.63. The van der Waals surface area contributed by atoms with Crippen LogP contribution in [-0.2, 0) is 38.2 Å². The molecule has 192 valence electrons. The first-order chi connectivity index (χ1) is 17.0. The summed E-state index contributed by atoms with van der Waals surface area (Å²) in [5.74, 6) is 0. The number of sulfone groups is 1. The summed E-state index contributed by atoms with van der Waals surface area (Å²) in [6.45, 7) is 2.32. The molecular weight excluding hydrogens is 494 g/mol. The summed E-state index contributed by atoms with van der Waals surface area (Å²) in [4.78, 5) is 7.05. The first-order valence-electron chi connectivity index (χ1n) is 12.0. The summed E-state index contributed by atoms with van der Waals surface area (Å²) in [6, 6.07) is 21.6. The SMILES string of the molecule is CS(=O)(=O)Nc1ccc(CN2CCC(CCc3ccccc3)(c3ccccn3)CC2)cc1S(C)(=O)=O. The van der Waals surface area contributed by atoms with Crippen LogP contribution < -0.4 is 4.72 Å². The van der Waals surface area contributed by atoms with Gasteiger partial charge < -0.3 is 0 Å². The van der Waals surface area contributed by atoms with Crippen molar-refractivity contribution in [2.75, 3.05) is 30.3 Å². The van der Waals surface area contributed by atoms with Crippen LogP contribution in [0.3, 0.4) is 0 Å². The van der Waals surface area contributed by atoms with Crippen LogP contribution in [0, 0.1) is 0 Å². The second kappa shape index (κ2) is 10.7. The molecule has 0 spiro atoms. The fraction of sp³-hybridized carbons (Fsp3) is 0.370. The van der Waals surface area contributed by atoms with Crippen molar-refractivity contribution in [2.45, 2.75) is 42.5 Å². The van der Waals surface area contributed by atoms with Crippen LogP contribution in [0.1, 0.15) is 36.1 Å². The van der Waals surface area contributed by atoms with E-state index < -0.39 is 19.9 Å². The van der Waals surface area contributed by atoms with Crippen molar-refractivity contribution in [3.8, 4) is 0 Å². The third-order valence-electron chi connectivity index (χ3n) is 6.90. The first kappa shape index (κ1) is 26.3. The Morgan fingerprint density at radius 3 is 2.19 bits per heavy atom. The number of sulfonamides is 1. The minimum Gasteiger partial charge on any atom is -0.299 e. The Morgan fingerprint density at radius 1 is 0.889 bits per heavy atom. The van der Waals surface area contributed by atoms with Gasteiger partial charge in [0.05, 0.1) is 16.8 Å². The Hall–Kier alpha value is -2.75. The standard InChI is InChI=1S/C27H33N3O4S2/c1-35(31,32)25-20-23(11-12-24(25)29-36(2,33)34)21-30-18-15-27(16-19-30,26-10-6-7-17-28-26)14-13-22-8-4-3-5-9-22/h3-12,17,20,29H,13-16,18-19,21H2,1-2H3. The molecule has 0 unspecified atom stereocenters. The molecule has 0 bridgehead atoms. The zero-order chi connectivity index (χ0) is 25.8. The number of piperidine rings is 1. The second-order valence-corrected chi connectivity index (χ2v) is 13.5. The van der Waals surface area contributed by atoms with Gasteiger partial charge in [0.1, 0.15) is 0 Å². The van der Waals surface area contributed by atoms with E-state index in [0.29, 0.717) is 6.54 Å². The molecule has 1 aliphatic rings. The Morgan fingerprint density at radius 2 is 1.58 bits per heavy atom. The minimum absolute atomic E-state index is 0.00518. The van der Waals surface area contributed by atoms with Gasteiger partial charge in [-0.2, -0.15) is 0 Å². The highest BCUT2D eigenvalue weighted by atomic mass is 32.2. The van der Waals surface area contributed by atoms with E-state index in [1.165, 1.54) is 11.6 Å². The molecular formula is C27H33N3O4S2. The summed E-state index contributed by atoms with van der Waals surface area (Å²) in [7, 11) is -7.21. The van der Waals surface area contributed by atoms with Crippen molar-refractivity contribution in [3.05, 3.63) is 89.7 Å². The topological polar surface area (TPSA) is 96.4 Å². The molecule has 0 amide bonds. The fourth-order valence-corrected chi connectivity index (χ4v) is 6.52. The Balaban J connectivity index is 1.50. The van der Waals surface area contributed by atoms with Crippen LogP contribution in [0.25, 0.3) is 0 Å². The van der Waals surface area contributed by atoms with Crippen molar-refractivity contribution in [1.82, 2.24) is 9.88 Å². The van der Waals surface area contributed by atoms with Crippen molar-refractivity contribution < 1.29 is 16.8 Å². The highest BCUT2D eigenvalue weighted by molar-refractivity contribution is 7.92. The lowest BCUT2D eigenvalue weighted by molar-refractivity contribution is 0.143. The molecule has 0 saturated carbocycles. The van der Waals surface area contributed by atoms with Crippen LogP contribution in [-0.4, -0.2) is 52.3 Å². The van der Waals surface area contributed by atoms with E-state index >= 15 is 0 Å². The fourth-order valence-electron chi connectivity index (χ4n) is 4.99. The van der Waals surface area contributed by atoms with Gasteiger partial charge in [-0.15, -0.1) is 0 Å². The Labute approximate surface area is 214 Å². The van der Waals surface area contributed by atoms with Gasteiger partial charge in [-0.3, -0.25) is 14.6 Å². The van der Waals surface area contributed by atoms with Gasteiger partial charge in [0.25, 0.3) is 0 Å². The number of aryl methyl sites for hydroxylation is 1. The molecule has 3 aromatic rings. The zero-order valence-electron chi connectivity index (χ0n) is 20.7. The zero-order valence-corrected chi connectivity index (χ0v) is 22.4. The molecule has 1 aliphatic heterocycles. The monoisotopic (exact) mass is 527 g/mol. The van der Waals surface area contributed by atoms with Crippen LogP contribution in [0.5, 0.6) is 0 Å². The maximum atomic E-state index is 12.4. The van der Waals surface area contributed by atoms with Gasteiger partial charge in [-0.25, -0.2) is 16.8 Å². The van der Waals surface area contributed by atoms with E-state index in [2.05, 4.69) is 46.0 Å². The maximum absolute atomic E-state index is 12.4. The van der Waals surface area contributed by atoms with E-state index in [9.17, 15) is 16.8 Å². The summed E-state index contributed by atoms with van der Waals surface area (Å²) < 4.78 is 50.4. The molecule has 2 aromatic carbocycles. The molecule has 2 heterocycles. The summed E-state index contributed by atoms with van der Waals surface area (Å²) in [5, 5.41) is 0.